The number of rotatable bonds is 20. The van der Waals surface area contributed by atoms with Gasteiger partial charge in [0.25, 0.3) is 0 Å². The van der Waals surface area contributed by atoms with Crippen LogP contribution in [0.3, 0.4) is 0 Å². The van der Waals surface area contributed by atoms with Crippen LogP contribution in [0.4, 0.5) is 15.8 Å². The Hall–Kier alpha value is -6.23. The third-order valence-corrected chi connectivity index (χ3v) is 8.83. The summed E-state index contributed by atoms with van der Waals surface area (Å²) in [6.45, 7) is 5.17. The largest absolute Gasteiger partial charge is 0.370 e. The molecule has 0 saturated heterocycles. The van der Waals surface area contributed by atoms with Gasteiger partial charge in [0.15, 0.2) is 11.9 Å². The lowest BCUT2D eigenvalue weighted by atomic mass is 9.99. The molecule has 0 aromatic heterocycles. The smallest absolute Gasteiger partial charge is 0.244 e. The Kier molecular flexibility index (Phi) is 17.2. The topological polar surface area (TPSA) is 280 Å². The molecule has 3 aromatic carbocycles. The number of amides is 5. The summed E-state index contributed by atoms with van der Waals surface area (Å²) >= 11 is 6.28. The van der Waals surface area contributed by atoms with Crippen LogP contribution in [0.25, 0.3) is 0 Å². The van der Waals surface area contributed by atoms with E-state index in [9.17, 15) is 28.4 Å². The van der Waals surface area contributed by atoms with E-state index in [1.807, 2.05) is 13.8 Å². The normalized spacial score (nSPS) is 12.9. The molecule has 0 aliphatic heterocycles. The minimum atomic E-state index is -1.32. The molecule has 3 rings (SSSR count). The average Bonchev–Trinajstić information content (AvgIpc) is 3.12. The third kappa shape index (κ3) is 15.1. The first kappa shape index (κ1) is 45.2. The van der Waals surface area contributed by atoms with Gasteiger partial charge >= 0.3 is 0 Å². The van der Waals surface area contributed by atoms with E-state index in [0.29, 0.717) is 33.9 Å². The van der Waals surface area contributed by atoms with Crippen molar-refractivity contribution in [2.24, 2.45) is 44.6 Å². The van der Waals surface area contributed by atoms with E-state index < -0.39 is 59.5 Å². The zero-order valence-electron chi connectivity index (χ0n) is 32.1. The molecule has 5 amide bonds. The number of hydrogen-bond donors (Lipinski definition) is 8. The number of carbonyl (C=O) groups excluding carboxylic acids is 5. The van der Waals surface area contributed by atoms with E-state index in [1.54, 1.807) is 42.5 Å². The Labute approximate surface area is 335 Å². The number of aliphatic imine (C=N–C) groups is 2. The lowest BCUT2D eigenvalue weighted by molar-refractivity contribution is -0.134. The molecule has 0 aliphatic carbocycles. The van der Waals surface area contributed by atoms with Gasteiger partial charge in [0.2, 0.25) is 29.5 Å². The number of primary amides is 1. The summed E-state index contributed by atoms with van der Waals surface area (Å²) in [5.74, 6) is -4.32. The molecule has 18 heteroatoms. The highest BCUT2D eigenvalue weighted by molar-refractivity contribution is 6.31. The molecule has 13 N–H and O–H groups in total. The zero-order chi connectivity index (χ0) is 42.2. The predicted octanol–water partition coefficient (Wildman–Crippen LogP) is 1.63. The monoisotopic (exact) mass is 807 g/mol. The van der Waals surface area contributed by atoms with Gasteiger partial charge in [0.1, 0.15) is 30.0 Å². The van der Waals surface area contributed by atoms with Crippen LogP contribution >= 0.6 is 11.6 Å². The van der Waals surface area contributed by atoms with Crippen molar-refractivity contribution < 1.29 is 28.4 Å². The second-order valence-corrected chi connectivity index (χ2v) is 14.2. The van der Waals surface area contributed by atoms with E-state index in [2.05, 4.69) is 25.9 Å². The number of carbonyl (C=O) groups is 5. The molecule has 3 aromatic rings. The van der Waals surface area contributed by atoms with Gasteiger partial charge < -0.3 is 44.6 Å². The molecule has 0 spiro atoms. The molecule has 0 bridgehead atoms. The first-order valence-electron chi connectivity index (χ1n) is 18.2. The van der Waals surface area contributed by atoms with Gasteiger partial charge in [-0.15, -0.1) is 0 Å². The van der Waals surface area contributed by atoms with E-state index in [-0.39, 0.29) is 50.1 Å². The van der Waals surface area contributed by atoms with Crippen molar-refractivity contribution in [1.82, 2.24) is 16.0 Å². The van der Waals surface area contributed by atoms with Gasteiger partial charge in [-0.05, 0) is 78.8 Å². The second-order valence-electron chi connectivity index (χ2n) is 13.8. The maximum Gasteiger partial charge on any atom is 0.244 e. The molecule has 306 valence electrons. The lowest BCUT2D eigenvalue weighted by Gasteiger charge is -2.32. The quantitative estimate of drug-likeness (QED) is 0.0467. The van der Waals surface area contributed by atoms with Gasteiger partial charge in [-0.2, -0.15) is 0 Å². The number of guanidine groups is 2. The molecule has 0 heterocycles. The lowest BCUT2D eigenvalue weighted by Crippen LogP contribution is -2.59. The first-order chi connectivity index (χ1) is 26.9. The standard InChI is InChI=1S/C39H51ClFN11O5/c1-22(2)18-31(35(55)49-30(34(42)54)8-5-17-47-38(43)44)50-36(56)32(19-24-11-15-28(16-12-24)48-39(45)46)51-37(57)33(20-25-9-13-27(41)14-10-25)52(23(3)53)29-7-4-6-26(40)21-29/h4,6-7,9-16,21-22,30-33H,5,8,17-20H2,1-3H3,(H2,42,54)(H,49,55)(H,50,56)(H,51,57)(H4,43,44,47)(H4,45,46,48)/t30-,31-,32-,33-/m0/s1. The number of nitrogens with zero attached hydrogens (tertiary/aromatic N) is 3. The van der Waals surface area contributed by atoms with Gasteiger partial charge in [0.05, 0.1) is 5.69 Å². The minimum Gasteiger partial charge on any atom is -0.370 e. The Morgan fingerprint density at radius 3 is 1.89 bits per heavy atom. The van der Waals surface area contributed by atoms with Crippen molar-refractivity contribution in [2.45, 2.75) is 77.0 Å². The molecule has 57 heavy (non-hydrogen) atoms. The fourth-order valence-corrected chi connectivity index (χ4v) is 6.14. The predicted molar refractivity (Wildman–Crippen MR) is 218 cm³/mol. The van der Waals surface area contributed by atoms with Gasteiger partial charge in [0, 0.05) is 37.0 Å². The summed E-state index contributed by atoms with van der Waals surface area (Å²) in [6, 6.07) is 13.5. The molecule has 0 unspecified atom stereocenters. The van der Waals surface area contributed by atoms with Crippen LogP contribution in [0.15, 0.2) is 82.8 Å². The number of halogens is 2. The van der Waals surface area contributed by atoms with Crippen LogP contribution < -0.4 is 49.5 Å². The highest BCUT2D eigenvalue weighted by atomic mass is 35.5. The van der Waals surface area contributed by atoms with Crippen molar-refractivity contribution in [3.05, 3.63) is 94.8 Å². The Morgan fingerprint density at radius 1 is 0.754 bits per heavy atom. The summed E-state index contributed by atoms with van der Waals surface area (Å²) in [4.78, 5) is 77.2. The molecular weight excluding hydrogens is 757 g/mol. The molecule has 0 aliphatic rings. The fourth-order valence-electron chi connectivity index (χ4n) is 5.96. The SMILES string of the molecule is CC(=O)N(c1cccc(Cl)c1)[C@@H](Cc1ccc(F)cc1)C(=O)N[C@@H](Cc1ccc(N=C(N)N)cc1)C(=O)N[C@@H](CC(C)C)C(=O)N[C@@H](CCCN=C(N)N)C(N)=O. The zero-order valence-corrected chi connectivity index (χ0v) is 32.8. The average molecular weight is 808 g/mol. The molecule has 0 fully saturated rings. The number of benzene rings is 3. The summed E-state index contributed by atoms with van der Waals surface area (Å²) < 4.78 is 13.9. The van der Waals surface area contributed by atoms with Crippen molar-refractivity contribution in [2.75, 3.05) is 11.4 Å². The molecule has 0 saturated carbocycles. The Bertz CT molecular complexity index is 1920. The van der Waals surface area contributed by atoms with E-state index in [1.165, 1.54) is 42.2 Å². The number of hydrogen-bond acceptors (Lipinski definition) is 7. The van der Waals surface area contributed by atoms with Crippen LogP contribution in [0, 0.1) is 11.7 Å². The summed E-state index contributed by atoms with van der Waals surface area (Å²) in [5, 5.41) is 8.50. The maximum atomic E-state index is 14.5. The third-order valence-electron chi connectivity index (χ3n) is 8.59. The maximum absolute atomic E-state index is 14.5. The number of nitrogens with one attached hydrogen (secondary N) is 3. The van der Waals surface area contributed by atoms with Gasteiger partial charge in [-0.1, -0.05) is 55.8 Å². The number of nitrogens with two attached hydrogens (primary N) is 5. The minimum absolute atomic E-state index is 0.0736. The van der Waals surface area contributed by atoms with Crippen LogP contribution in [0.1, 0.15) is 51.2 Å². The van der Waals surface area contributed by atoms with E-state index >= 15 is 0 Å². The Morgan fingerprint density at radius 2 is 1.33 bits per heavy atom. The van der Waals surface area contributed by atoms with Crippen molar-refractivity contribution >= 4 is 64.4 Å². The highest BCUT2D eigenvalue weighted by Gasteiger charge is 2.35. The summed E-state index contributed by atoms with van der Waals surface area (Å²) in [5.41, 5.74) is 29.2. The first-order valence-corrected chi connectivity index (χ1v) is 18.6. The fraction of sp³-hybridized carbons (Fsp3) is 0.359. The van der Waals surface area contributed by atoms with Gasteiger partial charge in [-0.3, -0.25) is 33.9 Å². The molecule has 4 atom stereocenters. The van der Waals surface area contributed by atoms with Crippen molar-refractivity contribution in [3.8, 4) is 0 Å². The van der Waals surface area contributed by atoms with Crippen LogP contribution in [-0.4, -0.2) is 72.2 Å². The van der Waals surface area contributed by atoms with Gasteiger partial charge in [-0.25, -0.2) is 9.38 Å². The molecule has 16 nitrogen and oxygen atoms in total. The molecule has 0 radical (unpaired) electrons. The van der Waals surface area contributed by atoms with Crippen molar-refractivity contribution in [3.63, 3.8) is 0 Å². The molecular formula is C39H51ClFN11O5. The summed E-state index contributed by atoms with van der Waals surface area (Å²) in [7, 11) is 0. The van der Waals surface area contributed by atoms with E-state index in [4.69, 9.17) is 40.3 Å². The van der Waals surface area contributed by atoms with Crippen LogP contribution in [-0.2, 0) is 36.8 Å². The number of anilines is 1. The second kappa shape index (κ2) is 21.8. The van der Waals surface area contributed by atoms with Crippen LogP contribution in [0.5, 0.6) is 0 Å². The van der Waals surface area contributed by atoms with Crippen LogP contribution in [0.2, 0.25) is 5.02 Å². The van der Waals surface area contributed by atoms with Crippen molar-refractivity contribution in [1.29, 1.82) is 0 Å². The summed E-state index contributed by atoms with van der Waals surface area (Å²) in [6.07, 6.45) is 0.462. The Balaban J connectivity index is 2.02. The highest BCUT2D eigenvalue weighted by Crippen LogP contribution is 2.24. The van der Waals surface area contributed by atoms with E-state index in [0.717, 1.165) is 0 Å².